The summed E-state index contributed by atoms with van der Waals surface area (Å²) in [5.41, 5.74) is 1.51. The predicted octanol–water partition coefficient (Wildman–Crippen LogP) is 6.94. The van der Waals surface area contributed by atoms with Crippen LogP contribution in [0.1, 0.15) is 41.8 Å². The summed E-state index contributed by atoms with van der Waals surface area (Å²) in [6, 6.07) is 15.1. The fraction of sp³-hybridized carbons (Fsp3) is 0.333. The Labute approximate surface area is 213 Å². The largest absolute Gasteiger partial charge is 0.416 e. The van der Waals surface area contributed by atoms with E-state index < -0.39 is 17.8 Å². The van der Waals surface area contributed by atoms with E-state index in [9.17, 15) is 22.8 Å². The molecule has 9 heteroatoms. The second kappa shape index (κ2) is 12.1. The van der Waals surface area contributed by atoms with E-state index in [0.717, 1.165) is 28.1 Å². The smallest absolute Gasteiger partial charge is 0.332 e. The van der Waals surface area contributed by atoms with Gasteiger partial charge in [-0.25, -0.2) is 4.79 Å². The number of rotatable bonds is 9. The molecule has 1 atom stereocenters. The summed E-state index contributed by atoms with van der Waals surface area (Å²) in [5.74, 6) is -0.213. The first-order valence-electron chi connectivity index (χ1n) is 11.7. The zero-order valence-corrected chi connectivity index (χ0v) is 21.3. The van der Waals surface area contributed by atoms with Gasteiger partial charge in [-0.15, -0.1) is 11.3 Å². The van der Waals surface area contributed by atoms with Gasteiger partial charge in [-0.3, -0.25) is 4.79 Å². The van der Waals surface area contributed by atoms with Crippen molar-refractivity contribution in [3.8, 4) is 0 Å². The van der Waals surface area contributed by atoms with Gasteiger partial charge in [-0.05, 0) is 67.1 Å². The Hall–Kier alpha value is -3.33. The third-order valence-corrected chi connectivity index (χ3v) is 7.03. The first kappa shape index (κ1) is 27.3. The van der Waals surface area contributed by atoms with Gasteiger partial charge < -0.3 is 15.1 Å². The molecule has 0 radical (unpaired) electrons. The number of amides is 3. The molecule has 3 aromatic rings. The molecular weight excluding hydrogens is 487 g/mol. The van der Waals surface area contributed by atoms with E-state index in [1.807, 2.05) is 62.5 Å². The van der Waals surface area contributed by atoms with Crippen molar-refractivity contribution in [3.63, 3.8) is 0 Å². The van der Waals surface area contributed by atoms with E-state index in [1.54, 1.807) is 16.2 Å². The minimum absolute atomic E-state index is 0.154. The molecule has 0 aliphatic heterocycles. The molecule has 36 heavy (non-hydrogen) atoms. The van der Waals surface area contributed by atoms with Gasteiger partial charge in [0.25, 0.3) is 0 Å². The number of aryl methyl sites for hydroxylation is 1. The molecule has 0 spiro atoms. The number of hydrogen-bond acceptors (Lipinski definition) is 3. The SMILES string of the molecule is CCC(C)N(CC(=O)N(Cc1ccccc1)Cc1sccc1C)C(=O)Nc1ccc(C(F)(F)F)cc1. The van der Waals surface area contributed by atoms with Crippen LogP contribution in [0.4, 0.5) is 23.7 Å². The highest BCUT2D eigenvalue weighted by Crippen LogP contribution is 2.30. The topological polar surface area (TPSA) is 52.7 Å². The lowest BCUT2D eigenvalue weighted by atomic mass is 10.2. The van der Waals surface area contributed by atoms with Crippen LogP contribution in [-0.4, -0.2) is 34.3 Å². The molecule has 3 amide bonds. The second-order valence-corrected chi connectivity index (χ2v) is 9.65. The highest BCUT2D eigenvalue weighted by molar-refractivity contribution is 7.10. The Morgan fingerprint density at radius 1 is 1.00 bits per heavy atom. The predicted molar refractivity (Wildman–Crippen MR) is 137 cm³/mol. The summed E-state index contributed by atoms with van der Waals surface area (Å²) < 4.78 is 38.6. The average Bonchev–Trinajstić information content (AvgIpc) is 3.26. The molecule has 1 heterocycles. The zero-order valence-electron chi connectivity index (χ0n) is 20.5. The van der Waals surface area contributed by atoms with E-state index >= 15 is 0 Å². The summed E-state index contributed by atoms with van der Waals surface area (Å²) in [6.07, 6.45) is -3.85. The molecule has 3 rings (SSSR count). The molecule has 0 saturated carbocycles. The quantitative estimate of drug-likeness (QED) is 0.334. The summed E-state index contributed by atoms with van der Waals surface area (Å²) >= 11 is 1.58. The van der Waals surface area contributed by atoms with Crippen LogP contribution in [-0.2, 0) is 24.1 Å². The number of urea groups is 1. The number of benzene rings is 2. The van der Waals surface area contributed by atoms with Crippen LogP contribution in [0.25, 0.3) is 0 Å². The lowest BCUT2D eigenvalue weighted by Crippen LogP contribution is -2.47. The number of carbonyl (C=O) groups is 2. The van der Waals surface area contributed by atoms with Crippen molar-refractivity contribution in [1.82, 2.24) is 9.80 Å². The molecule has 2 aromatic carbocycles. The van der Waals surface area contributed by atoms with Gasteiger partial charge in [0.05, 0.1) is 12.1 Å². The van der Waals surface area contributed by atoms with Crippen LogP contribution >= 0.6 is 11.3 Å². The molecule has 1 aromatic heterocycles. The molecule has 0 aliphatic rings. The number of nitrogens with zero attached hydrogens (tertiary/aromatic N) is 2. The van der Waals surface area contributed by atoms with E-state index in [0.29, 0.717) is 19.5 Å². The molecule has 0 fully saturated rings. The molecule has 5 nitrogen and oxygen atoms in total. The molecule has 192 valence electrons. The summed E-state index contributed by atoms with van der Waals surface area (Å²) in [5, 5.41) is 4.62. The van der Waals surface area contributed by atoms with E-state index in [1.165, 1.54) is 17.0 Å². The fourth-order valence-electron chi connectivity index (χ4n) is 3.61. The van der Waals surface area contributed by atoms with Crippen molar-refractivity contribution in [2.75, 3.05) is 11.9 Å². The van der Waals surface area contributed by atoms with Gasteiger partial charge >= 0.3 is 12.2 Å². The standard InChI is InChI=1S/C27H30F3N3O2S/c1-4-20(3)33(26(35)31-23-12-10-22(11-13-23)27(28,29)30)18-25(34)32(16-21-8-6-5-7-9-21)17-24-19(2)14-15-36-24/h5-15,20H,4,16-18H2,1-3H3,(H,31,35). The van der Waals surface area contributed by atoms with Crippen molar-refractivity contribution in [3.05, 3.63) is 87.6 Å². The van der Waals surface area contributed by atoms with Gasteiger partial charge in [0.2, 0.25) is 5.91 Å². The Morgan fingerprint density at radius 3 is 2.22 bits per heavy atom. The Bertz CT molecular complexity index is 1150. The number of hydrogen-bond donors (Lipinski definition) is 1. The average molecular weight is 518 g/mol. The van der Waals surface area contributed by atoms with E-state index in [2.05, 4.69) is 5.32 Å². The van der Waals surface area contributed by atoms with Crippen LogP contribution in [0.2, 0.25) is 0 Å². The minimum atomic E-state index is -4.46. The molecule has 0 aliphatic carbocycles. The van der Waals surface area contributed by atoms with Gasteiger partial charge in [-0.2, -0.15) is 13.2 Å². The number of thiophene rings is 1. The van der Waals surface area contributed by atoms with Gasteiger partial charge in [0.15, 0.2) is 0 Å². The lowest BCUT2D eigenvalue weighted by molar-refractivity contribution is -0.137. The Balaban J connectivity index is 1.77. The Morgan fingerprint density at radius 2 is 1.67 bits per heavy atom. The third-order valence-electron chi connectivity index (χ3n) is 6.02. The summed E-state index contributed by atoms with van der Waals surface area (Å²) in [4.78, 5) is 30.9. The maximum Gasteiger partial charge on any atom is 0.416 e. The van der Waals surface area contributed by atoms with Gasteiger partial charge in [-0.1, -0.05) is 37.3 Å². The van der Waals surface area contributed by atoms with Crippen LogP contribution in [0.5, 0.6) is 0 Å². The fourth-order valence-corrected chi connectivity index (χ4v) is 4.53. The van der Waals surface area contributed by atoms with Crippen LogP contribution < -0.4 is 5.32 Å². The first-order valence-corrected chi connectivity index (χ1v) is 12.6. The number of anilines is 1. The van der Waals surface area contributed by atoms with Gasteiger partial charge in [0.1, 0.15) is 6.54 Å². The van der Waals surface area contributed by atoms with E-state index in [-0.39, 0.29) is 24.2 Å². The monoisotopic (exact) mass is 517 g/mol. The number of alkyl halides is 3. The summed E-state index contributed by atoms with van der Waals surface area (Å²) in [7, 11) is 0. The maximum absolute atomic E-state index is 13.5. The second-order valence-electron chi connectivity index (χ2n) is 8.65. The van der Waals surface area contributed by atoms with Crippen LogP contribution in [0.3, 0.4) is 0 Å². The van der Waals surface area contributed by atoms with Gasteiger partial charge in [0, 0.05) is 23.2 Å². The zero-order chi connectivity index (χ0) is 26.3. The highest BCUT2D eigenvalue weighted by atomic mass is 32.1. The van der Waals surface area contributed by atoms with Crippen LogP contribution in [0, 0.1) is 6.92 Å². The third kappa shape index (κ3) is 7.34. The Kier molecular flexibility index (Phi) is 9.14. The van der Waals surface area contributed by atoms with E-state index in [4.69, 9.17) is 0 Å². The maximum atomic E-state index is 13.5. The van der Waals surface area contributed by atoms with Crippen molar-refractivity contribution >= 4 is 29.0 Å². The van der Waals surface area contributed by atoms with Crippen molar-refractivity contribution in [2.45, 2.75) is 52.5 Å². The summed E-state index contributed by atoms with van der Waals surface area (Å²) in [6.45, 7) is 6.41. The molecule has 0 bridgehead atoms. The van der Waals surface area contributed by atoms with Crippen molar-refractivity contribution in [1.29, 1.82) is 0 Å². The normalized spacial score (nSPS) is 12.2. The first-order chi connectivity index (χ1) is 17.1. The minimum Gasteiger partial charge on any atom is -0.332 e. The molecule has 1 unspecified atom stereocenters. The molecule has 0 saturated heterocycles. The highest BCUT2D eigenvalue weighted by Gasteiger charge is 2.30. The lowest BCUT2D eigenvalue weighted by Gasteiger charge is -2.31. The molecular formula is C27H30F3N3O2S. The van der Waals surface area contributed by atoms with Crippen LogP contribution in [0.15, 0.2) is 66.0 Å². The van der Waals surface area contributed by atoms with Crippen molar-refractivity contribution in [2.24, 2.45) is 0 Å². The molecule has 1 N–H and O–H groups in total. The van der Waals surface area contributed by atoms with Crippen molar-refractivity contribution < 1.29 is 22.8 Å². The number of carbonyl (C=O) groups excluding carboxylic acids is 2. The number of nitrogens with one attached hydrogen (secondary N) is 1. The number of halogens is 3.